The number of amides is 1. The third-order valence-corrected chi connectivity index (χ3v) is 3.39. The van der Waals surface area contributed by atoms with Gasteiger partial charge >= 0.3 is 0 Å². The van der Waals surface area contributed by atoms with Crippen molar-refractivity contribution in [3.63, 3.8) is 0 Å². The van der Waals surface area contributed by atoms with Crippen LogP contribution in [0, 0.1) is 5.92 Å². The normalized spacial score (nSPS) is 19.8. The third-order valence-electron chi connectivity index (χ3n) is 3.39. The number of hydrogen-bond donors (Lipinski definition) is 1. The lowest BCUT2D eigenvalue weighted by Gasteiger charge is -2.35. The predicted molar refractivity (Wildman–Crippen MR) is 66.1 cm³/mol. The second kappa shape index (κ2) is 6.86. The Labute approximate surface area is 98.8 Å². The predicted octanol–water partition coefficient (Wildman–Crippen LogP) is 0.526. The molecule has 1 aliphatic rings. The van der Waals surface area contributed by atoms with E-state index in [1.807, 2.05) is 4.90 Å². The van der Waals surface area contributed by atoms with E-state index in [9.17, 15) is 4.79 Å². The Balaban J connectivity index is 2.27. The van der Waals surface area contributed by atoms with Crippen LogP contribution < -0.4 is 5.73 Å². The maximum Gasteiger partial charge on any atom is 0.222 e. The molecule has 4 heteroatoms. The molecule has 0 aromatic carbocycles. The topological polar surface area (TPSA) is 49.6 Å². The van der Waals surface area contributed by atoms with Gasteiger partial charge in [0.1, 0.15) is 0 Å². The van der Waals surface area contributed by atoms with Crippen LogP contribution in [0.1, 0.15) is 26.7 Å². The summed E-state index contributed by atoms with van der Waals surface area (Å²) >= 11 is 0. The van der Waals surface area contributed by atoms with Crippen molar-refractivity contribution in [2.45, 2.75) is 26.7 Å². The maximum absolute atomic E-state index is 11.9. The van der Waals surface area contributed by atoms with Crippen LogP contribution in [0.15, 0.2) is 0 Å². The molecular weight excluding hydrogens is 202 g/mol. The van der Waals surface area contributed by atoms with Crippen molar-refractivity contribution in [1.82, 2.24) is 9.80 Å². The molecule has 4 nitrogen and oxygen atoms in total. The molecule has 1 fully saturated rings. The number of rotatable bonds is 5. The lowest BCUT2D eigenvalue weighted by Crippen LogP contribution is -2.49. The fourth-order valence-electron chi connectivity index (χ4n) is 1.97. The van der Waals surface area contributed by atoms with Gasteiger partial charge < -0.3 is 10.6 Å². The fraction of sp³-hybridized carbons (Fsp3) is 0.917. The van der Waals surface area contributed by atoms with E-state index < -0.39 is 0 Å². The minimum Gasteiger partial charge on any atom is -0.340 e. The lowest BCUT2D eigenvalue weighted by molar-refractivity contribution is -0.133. The van der Waals surface area contributed by atoms with Gasteiger partial charge in [-0.25, -0.2) is 0 Å². The standard InChI is InChI=1S/C12H25N3O/c1-3-11(2)10-12(16)15-8-6-14(5-4-13)7-9-15/h11H,3-10,13H2,1-2H3. The molecule has 1 heterocycles. The minimum atomic E-state index is 0.321. The zero-order valence-electron chi connectivity index (χ0n) is 10.6. The molecule has 1 saturated heterocycles. The van der Waals surface area contributed by atoms with Crippen LogP contribution in [0.2, 0.25) is 0 Å². The first-order valence-corrected chi connectivity index (χ1v) is 6.37. The van der Waals surface area contributed by atoms with Gasteiger partial charge in [0, 0.05) is 45.7 Å². The highest BCUT2D eigenvalue weighted by molar-refractivity contribution is 5.76. The molecule has 0 radical (unpaired) electrons. The summed E-state index contributed by atoms with van der Waals surface area (Å²) in [5.74, 6) is 0.830. The smallest absolute Gasteiger partial charge is 0.222 e. The van der Waals surface area contributed by atoms with Gasteiger partial charge in [-0.05, 0) is 5.92 Å². The maximum atomic E-state index is 11.9. The lowest BCUT2D eigenvalue weighted by atomic mass is 10.0. The first-order chi connectivity index (χ1) is 7.67. The average Bonchev–Trinajstić information content (AvgIpc) is 2.30. The fourth-order valence-corrected chi connectivity index (χ4v) is 1.97. The molecule has 1 atom stereocenters. The zero-order chi connectivity index (χ0) is 12.0. The molecule has 1 amide bonds. The summed E-state index contributed by atoms with van der Waals surface area (Å²) in [7, 11) is 0. The highest BCUT2D eigenvalue weighted by Gasteiger charge is 2.21. The molecule has 2 N–H and O–H groups in total. The molecule has 0 saturated carbocycles. The van der Waals surface area contributed by atoms with Crippen LogP contribution in [0.5, 0.6) is 0 Å². The Morgan fingerprint density at radius 2 is 1.94 bits per heavy atom. The van der Waals surface area contributed by atoms with E-state index in [1.165, 1.54) is 0 Å². The van der Waals surface area contributed by atoms with Gasteiger partial charge in [-0.3, -0.25) is 9.69 Å². The number of carbonyl (C=O) groups is 1. The zero-order valence-corrected chi connectivity index (χ0v) is 10.6. The Hall–Kier alpha value is -0.610. The molecule has 0 aliphatic carbocycles. The highest BCUT2D eigenvalue weighted by Crippen LogP contribution is 2.10. The number of hydrogen-bond acceptors (Lipinski definition) is 3. The quantitative estimate of drug-likeness (QED) is 0.745. The SMILES string of the molecule is CCC(C)CC(=O)N1CCN(CCN)CC1. The van der Waals surface area contributed by atoms with Crippen LogP contribution in [0.4, 0.5) is 0 Å². The average molecular weight is 227 g/mol. The first kappa shape index (κ1) is 13.5. The van der Waals surface area contributed by atoms with Gasteiger partial charge in [0.15, 0.2) is 0 Å². The van der Waals surface area contributed by atoms with E-state index in [0.717, 1.165) is 39.1 Å². The summed E-state index contributed by atoms with van der Waals surface area (Å²) in [5, 5.41) is 0. The van der Waals surface area contributed by atoms with Crippen molar-refractivity contribution in [3.05, 3.63) is 0 Å². The molecular formula is C12H25N3O. The van der Waals surface area contributed by atoms with Gasteiger partial charge in [0.05, 0.1) is 0 Å². The van der Waals surface area contributed by atoms with Crippen molar-refractivity contribution in [3.8, 4) is 0 Å². The van der Waals surface area contributed by atoms with Crippen LogP contribution in [0.25, 0.3) is 0 Å². The van der Waals surface area contributed by atoms with Crippen LogP contribution in [0.3, 0.4) is 0 Å². The molecule has 1 unspecified atom stereocenters. The Morgan fingerprint density at radius 1 is 1.31 bits per heavy atom. The van der Waals surface area contributed by atoms with Crippen LogP contribution in [-0.2, 0) is 4.79 Å². The Bertz CT molecular complexity index is 212. The summed E-state index contributed by atoms with van der Waals surface area (Å²) < 4.78 is 0. The number of nitrogens with zero attached hydrogens (tertiary/aromatic N) is 2. The van der Waals surface area contributed by atoms with Gasteiger partial charge in [0.2, 0.25) is 5.91 Å². The van der Waals surface area contributed by atoms with E-state index in [1.54, 1.807) is 0 Å². The van der Waals surface area contributed by atoms with Crippen LogP contribution >= 0.6 is 0 Å². The van der Waals surface area contributed by atoms with E-state index in [0.29, 0.717) is 24.8 Å². The minimum absolute atomic E-state index is 0.321. The van der Waals surface area contributed by atoms with Crippen LogP contribution in [-0.4, -0.2) is 55.0 Å². The van der Waals surface area contributed by atoms with E-state index in [4.69, 9.17) is 5.73 Å². The van der Waals surface area contributed by atoms with E-state index in [2.05, 4.69) is 18.7 Å². The van der Waals surface area contributed by atoms with E-state index in [-0.39, 0.29) is 0 Å². The molecule has 0 spiro atoms. The van der Waals surface area contributed by atoms with Gasteiger partial charge in [-0.15, -0.1) is 0 Å². The largest absolute Gasteiger partial charge is 0.340 e. The van der Waals surface area contributed by atoms with Gasteiger partial charge in [0.25, 0.3) is 0 Å². The van der Waals surface area contributed by atoms with Gasteiger partial charge in [-0.2, -0.15) is 0 Å². The number of carbonyl (C=O) groups excluding carboxylic acids is 1. The first-order valence-electron chi connectivity index (χ1n) is 6.37. The van der Waals surface area contributed by atoms with Crippen molar-refractivity contribution in [2.75, 3.05) is 39.3 Å². The van der Waals surface area contributed by atoms with Crippen molar-refractivity contribution >= 4 is 5.91 Å². The molecule has 94 valence electrons. The number of piperazine rings is 1. The molecule has 1 aliphatic heterocycles. The van der Waals surface area contributed by atoms with Crippen molar-refractivity contribution in [2.24, 2.45) is 11.7 Å². The third kappa shape index (κ3) is 4.10. The molecule has 16 heavy (non-hydrogen) atoms. The molecule has 0 aromatic heterocycles. The summed E-state index contributed by atoms with van der Waals surface area (Å²) in [6, 6.07) is 0. The summed E-state index contributed by atoms with van der Waals surface area (Å²) in [4.78, 5) is 16.2. The Kier molecular flexibility index (Phi) is 5.77. The highest BCUT2D eigenvalue weighted by atomic mass is 16.2. The second-order valence-corrected chi connectivity index (χ2v) is 4.73. The monoisotopic (exact) mass is 227 g/mol. The second-order valence-electron chi connectivity index (χ2n) is 4.73. The molecule has 1 rings (SSSR count). The van der Waals surface area contributed by atoms with Gasteiger partial charge in [-0.1, -0.05) is 20.3 Å². The number of nitrogens with two attached hydrogens (primary N) is 1. The molecule has 0 aromatic rings. The summed E-state index contributed by atoms with van der Waals surface area (Å²) in [6.45, 7) is 9.63. The summed E-state index contributed by atoms with van der Waals surface area (Å²) in [6.07, 6.45) is 1.78. The summed E-state index contributed by atoms with van der Waals surface area (Å²) in [5.41, 5.74) is 5.52. The molecule has 0 bridgehead atoms. The van der Waals surface area contributed by atoms with E-state index >= 15 is 0 Å². The van der Waals surface area contributed by atoms with Crippen molar-refractivity contribution in [1.29, 1.82) is 0 Å². The Morgan fingerprint density at radius 3 is 2.44 bits per heavy atom. The van der Waals surface area contributed by atoms with Crippen molar-refractivity contribution < 1.29 is 4.79 Å².